The van der Waals surface area contributed by atoms with Crippen LogP contribution in [0.2, 0.25) is 0 Å². The van der Waals surface area contributed by atoms with Crippen molar-refractivity contribution in [3.8, 4) is 0 Å². The van der Waals surface area contributed by atoms with Crippen LogP contribution in [0.1, 0.15) is 28.9 Å². The number of thiophene rings is 1. The number of carbonyl (C=O) groups is 1. The Morgan fingerprint density at radius 1 is 1.61 bits per heavy atom. The van der Waals surface area contributed by atoms with Crippen LogP contribution in [0, 0.1) is 0 Å². The Balaban J connectivity index is 1.94. The monoisotopic (exact) mass is 293 g/mol. The Hall–Kier alpha value is -0.660. The van der Waals surface area contributed by atoms with E-state index in [1.54, 1.807) is 5.38 Å². The van der Waals surface area contributed by atoms with E-state index in [4.69, 9.17) is 0 Å². The molecule has 1 saturated carbocycles. The first-order valence-corrected chi connectivity index (χ1v) is 7.29. The van der Waals surface area contributed by atoms with Crippen molar-refractivity contribution < 1.29 is 18.7 Å². The first-order chi connectivity index (χ1) is 8.50. The molecule has 2 rings (SSSR count). The fourth-order valence-corrected chi connectivity index (χ4v) is 3.36. The van der Waals surface area contributed by atoms with Gasteiger partial charge in [0, 0.05) is 11.4 Å². The fourth-order valence-electron chi connectivity index (χ4n) is 1.74. The second-order valence-corrected chi connectivity index (χ2v) is 6.20. The molecule has 0 spiro atoms. The molecule has 0 atom stereocenters. The van der Waals surface area contributed by atoms with Gasteiger partial charge in [0.25, 0.3) is 11.7 Å². The van der Waals surface area contributed by atoms with Crippen LogP contribution in [-0.4, -0.2) is 28.9 Å². The molecular weight excluding hydrogens is 280 g/mol. The van der Waals surface area contributed by atoms with Crippen molar-refractivity contribution in [1.82, 2.24) is 5.32 Å². The smallest absolute Gasteiger partial charge is 0.288 e. The maximum Gasteiger partial charge on any atom is 0.288 e. The summed E-state index contributed by atoms with van der Waals surface area (Å²) in [6, 6.07) is 1.51. The van der Waals surface area contributed by atoms with Crippen LogP contribution in [0.5, 0.6) is 0 Å². The summed E-state index contributed by atoms with van der Waals surface area (Å²) in [5.74, 6) is -2.93. The van der Waals surface area contributed by atoms with Gasteiger partial charge >= 0.3 is 0 Å². The van der Waals surface area contributed by atoms with Crippen LogP contribution in [-0.2, 0) is 0 Å². The van der Waals surface area contributed by atoms with Gasteiger partial charge in [-0.2, -0.15) is 8.78 Å². The topological polar surface area (TPSA) is 49.3 Å². The largest absolute Gasteiger partial charge is 0.388 e. The number of nitrogens with one attached hydrogen (secondary N) is 1. The molecule has 1 amide bonds. The molecule has 7 heteroatoms. The van der Waals surface area contributed by atoms with Crippen molar-refractivity contribution in [3.63, 3.8) is 0 Å². The Morgan fingerprint density at radius 3 is 2.89 bits per heavy atom. The zero-order valence-corrected chi connectivity index (χ0v) is 11.1. The van der Waals surface area contributed by atoms with E-state index in [1.807, 2.05) is 0 Å². The Bertz CT molecular complexity index is 432. The highest BCUT2D eigenvalue weighted by molar-refractivity contribution is 7.99. The Kier molecular flexibility index (Phi) is 4.24. The minimum atomic E-state index is -2.54. The molecule has 1 aromatic rings. The lowest BCUT2D eigenvalue weighted by Crippen LogP contribution is -2.47. The molecule has 0 bridgehead atoms. The number of alkyl halides is 2. The lowest BCUT2D eigenvalue weighted by molar-refractivity contribution is -0.0300. The molecular formula is C11H13F2NO2S2. The van der Waals surface area contributed by atoms with Gasteiger partial charge in [-0.3, -0.25) is 4.79 Å². The summed E-state index contributed by atoms with van der Waals surface area (Å²) >= 11 is 1.49. The summed E-state index contributed by atoms with van der Waals surface area (Å²) in [6.45, 7) is 0.183. The minimum Gasteiger partial charge on any atom is -0.388 e. The van der Waals surface area contributed by atoms with Gasteiger partial charge in [-0.1, -0.05) is 11.8 Å². The molecule has 0 unspecified atom stereocenters. The third kappa shape index (κ3) is 3.21. The lowest BCUT2D eigenvalue weighted by Gasteiger charge is -2.36. The van der Waals surface area contributed by atoms with E-state index in [9.17, 15) is 18.7 Å². The van der Waals surface area contributed by atoms with Gasteiger partial charge in [0.05, 0.1) is 5.60 Å². The number of hydrogen-bond donors (Lipinski definition) is 2. The molecule has 100 valence electrons. The molecule has 0 aromatic carbocycles. The second-order valence-electron chi connectivity index (χ2n) is 4.25. The summed E-state index contributed by atoms with van der Waals surface area (Å²) in [4.78, 5) is 12.4. The number of hydrogen-bond acceptors (Lipinski definition) is 4. The first kappa shape index (κ1) is 13.8. The van der Waals surface area contributed by atoms with Gasteiger partial charge in [-0.05, 0) is 30.7 Å². The zero-order chi connectivity index (χ0) is 13.2. The van der Waals surface area contributed by atoms with E-state index < -0.39 is 17.3 Å². The summed E-state index contributed by atoms with van der Waals surface area (Å²) in [5.41, 5.74) is -0.803. The van der Waals surface area contributed by atoms with E-state index >= 15 is 0 Å². The molecule has 1 aliphatic carbocycles. The molecule has 2 N–H and O–H groups in total. The molecule has 1 fully saturated rings. The van der Waals surface area contributed by atoms with Gasteiger partial charge < -0.3 is 10.4 Å². The highest BCUT2D eigenvalue weighted by atomic mass is 32.2. The molecule has 0 saturated heterocycles. The normalized spacial score (nSPS) is 17.6. The summed E-state index contributed by atoms with van der Waals surface area (Å²) in [7, 11) is 0. The van der Waals surface area contributed by atoms with Crippen molar-refractivity contribution in [1.29, 1.82) is 0 Å². The van der Waals surface area contributed by atoms with Crippen LogP contribution in [0.3, 0.4) is 0 Å². The van der Waals surface area contributed by atoms with E-state index in [1.165, 1.54) is 6.07 Å². The Morgan fingerprint density at radius 2 is 2.33 bits per heavy atom. The molecule has 1 aliphatic rings. The van der Waals surface area contributed by atoms with Gasteiger partial charge in [-0.15, -0.1) is 11.3 Å². The van der Waals surface area contributed by atoms with E-state index in [-0.39, 0.29) is 16.3 Å². The highest BCUT2D eigenvalue weighted by Crippen LogP contribution is 2.33. The van der Waals surface area contributed by atoms with Crippen molar-refractivity contribution in [2.45, 2.75) is 35.5 Å². The van der Waals surface area contributed by atoms with Gasteiger partial charge in [-0.25, -0.2) is 0 Å². The zero-order valence-electron chi connectivity index (χ0n) is 9.49. The van der Waals surface area contributed by atoms with E-state index in [0.29, 0.717) is 24.6 Å². The summed E-state index contributed by atoms with van der Waals surface area (Å²) in [5, 5.41) is 14.0. The average molecular weight is 293 g/mol. The number of amides is 1. The molecule has 3 nitrogen and oxygen atoms in total. The lowest BCUT2D eigenvalue weighted by atomic mass is 9.80. The quantitative estimate of drug-likeness (QED) is 0.821. The van der Waals surface area contributed by atoms with Crippen LogP contribution in [0.15, 0.2) is 16.3 Å². The first-order valence-electron chi connectivity index (χ1n) is 5.53. The predicted molar refractivity (Wildman–Crippen MR) is 67.3 cm³/mol. The predicted octanol–water partition coefficient (Wildman–Crippen LogP) is 2.71. The number of aliphatic hydroxyl groups is 1. The average Bonchev–Trinajstić information content (AvgIpc) is 2.70. The van der Waals surface area contributed by atoms with Gasteiger partial charge in [0.15, 0.2) is 0 Å². The molecule has 1 heterocycles. The van der Waals surface area contributed by atoms with Crippen molar-refractivity contribution in [3.05, 3.63) is 16.3 Å². The van der Waals surface area contributed by atoms with E-state index in [0.717, 1.165) is 17.8 Å². The maximum atomic E-state index is 12.3. The number of carbonyl (C=O) groups excluding carboxylic acids is 1. The van der Waals surface area contributed by atoms with Crippen molar-refractivity contribution in [2.75, 3.05) is 6.54 Å². The summed E-state index contributed by atoms with van der Waals surface area (Å²) in [6.07, 6.45) is 2.31. The molecule has 0 aliphatic heterocycles. The summed E-state index contributed by atoms with van der Waals surface area (Å²) < 4.78 is 24.6. The van der Waals surface area contributed by atoms with Gasteiger partial charge in [0.1, 0.15) is 4.88 Å². The standard InChI is InChI=1S/C11H13F2NO2S2/c12-10(13)18-7-2-5-17-8(7)9(15)14-6-11(16)3-1-4-11/h2,5,10,16H,1,3-4,6H2,(H,14,15). The maximum absolute atomic E-state index is 12.3. The number of thioether (sulfide) groups is 1. The second kappa shape index (κ2) is 5.54. The van der Waals surface area contributed by atoms with Gasteiger partial charge in [0.2, 0.25) is 0 Å². The third-order valence-corrected chi connectivity index (χ3v) is 4.73. The van der Waals surface area contributed by atoms with Crippen molar-refractivity contribution >= 4 is 29.0 Å². The van der Waals surface area contributed by atoms with Crippen molar-refractivity contribution in [2.24, 2.45) is 0 Å². The van der Waals surface area contributed by atoms with Crippen LogP contribution in [0.4, 0.5) is 8.78 Å². The minimum absolute atomic E-state index is 0.183. The fraction of sp³-hybridized carbons (Fsp3) is 0.545. The third-order valence-electron chi connectivity index (χ3n) is 2.91. The van der Waals surface area contributed by atoms with E-state index in [2.05, 4.69) is 5.32 Å². The van der Waals surface area contributed by atoms with Crippen LogP contribution in [0.25, 0.3) is 0 Å². The Labute approximate surface area is 112 Å². The molecule has 18 heavy (non-hydrogen) atoms. The highest BCUT2D eigenvalue weighted by Gasteiger charge is 2.34. The SMILES string of the molecule is O=C(NCC1(O)CCC1)c1sccc1SC(F)F. The number of halogens is 2. The van der Waals surface area contributed by atoms with Crippen LogP contribution < -0.4 is 5.32 Å². The van der Waals surface area contributed by atoms with Crippen LogP contribution >= 0.6 is 23.1 Å². The molecule has 1 aromatic heterocycles. The molecule has 0 radical (unpaired) electrons. The number of rotatable bonds is 5.